The molecule has 1 N–H and O–H groups in total. The molecule has 2 aromatic carbocycles. The van der Waals surface area contributed by atoms with Gasteiger partial charge in [-0.25, -0.2) is 0 Å². The summed E-state index contributed by atoms with van der Waals surface area (Å²) >= 11 is 18.6. The third-order valence-corrected chi connectivity index (χ3v) is 6.54. The topological polar surface area (TPSA) is 47.9 Å². The second-order valence-corrected chi connectivity index (χ2v) is 9.20. The van der Waals surface area contributed by atoms with Gasteiger partial charge in [-0.1, -0.05) is 53.4 Å². The molecule has 1 fully saturated rings. The Hall–Kier alpha value is -1.79. The molecule has 2 aromatic rings. The van der Waals surface area contributed by atoms with Crippen molar-refractivity contribution in [3.8, 4) is 0 Å². The van der Waals surface area contributed by atoms with Crippen LogP contribution in [0, 0.1) is 0 Å². The molecule has 0 spiro atoms. The van der Waals surface area contributed by atoms with E-state index in [1.54, 1.807) is 17.1 Å². The Labute approximate surface area is 197 Å². The van der Waals surface area contributed by atoms with Gasteiger partial charge in [0.1, 0.15) is 5.71 Å². The maximum Gasteiger partial charge on any atom is 0.267 e. The minimum atomic E-state index is -0.154. The zero-order valence-corrected chi connectivity index (χ0v) is 19.4. The lowest BCUT2D eigenvalue weighted by atomic mass is 10.0. The number of carbonyl (C=O) groups is 1. The molecule has 4 rings (SSSR count). The maximum absolute atomic E-state index is 12.9. The van der Waals surface area contributed by atoms with Crippen molar-refractivity contribution in [2.75, 3.05) is 31.2 Å². The van der Waals surface area contributed by atoms with E-state index in [-0.39, 0.29) is 11.9 Å². The molecular weight excluding hydrogens is 455 g/mol. The van der Waals surface area contributed by atoms with E-state index in [2.05, 4.69) is 15.3 Å². The molecule has 2 aliphatic rings. The fourth-order valence-corrected chi connectivity index (χ4v) is 4.71. The highest BCUT2D eigenvalue weighted by molar-refractivity contribution is 6.40. The smallest absolute Gasteiger partial charge is 0.267 e. The van der Waals surface area contributed by atoms with Crippen LogP contribution in [0.2, 0.25) is 15.1 Å². The number of likely N-dealkylation sites (tertiary alicyclic amines) is 1. The van der Waals surface area contributed by atoms with Crippen molar-refractivity contribution < 1.29 is 4.79 Å². The van der Waals surface area contributed by atoms with E-state index in [0.29, 0.717) is 39.4 Å². The Morgan fingerprint density at radius 2 is 1.71 bits per heavy atom. The van der Waals surface area contributed by atoms with Crippen LogP contribution in [0.5, 0.6) is 0 Å². The van der Waals surface area contributed by atoms with E-state index in [1.807, 2.05) is 30.3 Å². The molecule has 1 atom stereocenters. The highest BCUT2D eigenvalue weighted by Gasteiger charge is 2.33. The summed E-state index contributed by atoms with van der Waals surface area (Å²) in [6.45, 7) is 3.70. The van der Waals surface area contributed by atoms with Crippen LogP contribution < -0.4 is 10.3 Å². The largest absolute Gasteiger partial charge is 0.350 e. The summed E-state index contributed by atoms with van der Waals surface area (Å²) in [6, 6.07) is 12.7. The van der Waals surface area contributed by atoms with Gasteiger partial charge in [0.05, 0.1) is 16.8 Å². The third-order valence-electron chi connectivity index (χ3n) is 5.75. The van der Waals surface area contributed by atoms with Crippen molar-refractivity contribution in [3.63, 3.8) is 0 Å². The second kappa shape index (κ2) is 10.2. The monoisotopic (exact) mass is 478 g/mol. The van der Waals surface area contributed by atoms with Gasteiger partial charge < -0.3 is 10.2 Å². The van der Waals surface area contributed by atoms with Crippen molar-refractivity contribution in [3.05, 3.63) is 63.1 Å². The Balaban J connectivity index is 1.50. The fraction of sp³-hybridized carbons (Fsp3) is 0.391. The molecule has 0 saturated carbocycles. The van der Waals surface area contributed by atoms with Gasteiger partial charge in [-0.3, -0.25) is 9.80 Å². The SMILES string of the molecule is O=C(NCCN1CCCCC1)C1=NN(c2ccc(Cl)cc2Cl)C(c2ccc(Cl)cc2)C1. The molecule has 164 valence electrons. The first-order valence-corrected chi connectivity index (χ1v) is 11.7. The van der Waals surface area contributed by atoms with E-state index in [1.165, 1.54) is 19.3 Å². The highest BCUT2D eigenvalue weighted by atomic mass is 35.5. The Kier molecular flexibility index (Phi) is 7.39. The minimum Gasteiger partial charge on any atom is -0.350 e. The van der Waals surface area contributed by atoms with Crippen LogP contribution in [0.1, 0.15) is 37.3 Å². The molecule has 0 radical (unpaired) electrons. The summed E-state index contributed by atoms with van der Waals surface area (Å²) in [4.78, 5) is 15.3. The first-order chi connectivity index (χ1) is 15.0. The number of hydrogen-bond donors (Lipinski definition) is 1. The number of rotatable bonds is 6. The molecule has 1 amide bonds. The van der Waals surface area contributed by atoms with Crippen LogP contribution in [-0.4, -0.2) is 42.7 Å². The lowest BCUT2D eigenvalue weighted by molar-refractivity contribution is -0.114. The lowest BCUT2D eigenvalue weighted by Gasteiger charge is -2.26. The molecule has 0 aromatic heterocycles. The van der Waals surface area contributed by atoms with Crippen molar-refractivity contribution in [2.24, 2.45) is 5.10 Å². The molecule has 1 unspecified atom stereocenters. The number of halogens is 3. The zero-order chi connectivity index (χ0) is 21.8. The molecule has 2 aliphatic heterocycles. The Morgan fingerprint density at radius 1 is 1.00 bits per heavy atom. The average Bonchev–Trinajstić information content (AvgIpc) is 3.20. The minimum absolute atomic E-state index is 0.136. The van der Waals surface area contributed by atoms with E-state index < -0.39 is 0 Å². The number of hydrazone groups is 1. The first-order valence-electron chi connectivity index (χ1n) is 10.6. The molecular formula is C23H25Cl3N4O. The number of carbonyl (C=O) groups excluding carboxylic acids is 1. The molecule has 1 saturated heterocycles. The summed E-state index contributed by atoms with van der Waals surface area (Å²) in [5, 5.41) is 11.2. The quantitative estimate of drug-likeness (QED) is 0.590. The van der Waals surface area contributed by atoms with Crippen molar-refractivity contribution in [1.29, 1.82) is 0 Å². The average molecular weight is 480 g/mol. The summed E-state index contributed by atoms with van der Waals surface area (Å²) in [5.74, 6) is -0.136. The maximum atomic E-state index is 12.9. The van der Waals surface area contributed by atoms with Crippen LogP contribution in [-0.2, 0) is 4.79 Å². The number of hydrogen-bond acceptors (Lipinski definition) is 4. The van der Waals surface area contributed by atoms with E-state index in [0.717, 1.165) is 25.2 Å². The van der Waals surface area contributed by atoms with Gasteiger partial charge in [0.2, 0.25) is 0 Å². The van der Waals surface area contributed by atoms with Crippen molar-refractivity contribution in [2.45, 2.75) is 31.7 Å². The predicted octanol–water partition coefficient (Wildman–Crippen LogP) is 5.56. The number of piperidine rings is 1. The normalized spacial score (nSPS) is 19.4. The summed E-state index contributed by atoms with van der Waals surface area (Å²) in [5.41, 5.74) is 2.21. The summed E-state index contributed by atoms with van der Waals surface area (Å²) in [7, 11) is 0. The highest BCUT2D eigenvalue weighted by Crippen LogP contribution is 2.39. The zero-order valence-electron chi connectivity index (χ0n) is 17.2. The molecule has 2 heterocycles. The predicted molar refractivity (Wildman–Crippen MR) is 128 cm³/mol. The third kappa shape index (κ3) is 5.53. The van der Waals surface area contributed by atoms with Crippen LogP contribution in [0.15, 0.2) is 47.6 Å². The fourth-order valence-electron chi connectivity index (χ4n) is 4.09. The number of nitrogens with one attached hydrogen (secondary N) is 1. The summed E-state index contributed by atoms with van der Waals surface area (Å²) < 4.78 is 0. The molecule has 8 heteroatoms. The lowest BCUT2D eigenvalue weighted by Crippen LogP contribution is -2.39. The molecule has 5 nitrogen and oxygen atoms in total. The molecule has 0 bridgehead atoms. The van der Waals surface area contributed by atoms with Gasteiger partial charge in [-0.2, -0.15) is 5.10 Å². The van der Waals surface area contributed by atoms with Crippen LogP contribution in [0.3, 0.4) is 0 Å². The van der Waals surface area contributed by atoms with Gasteiger partial charge in [-0.15, -0.1) is 0 Å². The second-order valence-electron chi connectivity index (χ2n) is 7.92. The van der Waals surface area contributed by atoms with Crippen LogP contribution >= 0.6 is 34.8 Å². The van der Waals surface area contributed by atoms with Crippen LogP contribution in [0.25, 0.3) is 0 Å². The number of amides is 1. The standard InChI is InChI=1S/C23H25Cl3N4O/c24-17-6-4-16(5-7-17)22-15-20(23(31)27-10-13-29-11-2-1-3-12-29)28-30(22)21-9-8-18(25)14-19(21)26/h4-9,14,22H,1-3,10-13,15H2,(H,27,31). The van der Waals surface area contributed by atoms with E-state index in [9.17, 15) is 4.79 Å². The number of anilines is 1. The van der Waals surface area contributed by atoms with E-state index >= 15 is 0 Å². The number of benzene rings is 2. The van der Waals surface area contributed by atoms with Gasteiger partial charge in [-0.05, 0) is 61.8 Å². The summed E-state index contributed by atoms with van der Waals surface area (Å²) in [6.07, 6.45) is 4.26. The Bertz CT molecular complexity index is 958. The van der Waals surface area contributed by atoms with Gasteiger partial charge in [0.25, 0.3) is 5.91 Å². The Morgan fingerprint density at radius 3 is 2.42 bits per heavy atom. The van der Waals surface area contributed by atoms with Crippen molar-refractivity contribution >= 4 is 52.1 Å². The molecule has 31 heavy (non-hydrogen) atoms. The molecule has 0 aliphatic carbocycles. The number of nitrogens with zero attached hydrogens (tertiary/aromatic N) is 3. The van der Waals surface area contributed by atoms with Gasteiger partial charge in [0.15, 0.2) is 0 Å². The first kappa shape index (κ1) is 22.4. The van der Waals surface area contributed by atoms with E-state index in [4.69, 9.17) is 34.8 Å². The van der Waals surface area contributed by atoms with Gasteiger partial charge >= 0.3 is 0 Å². The van der Waals surface area contributed by atoms with Crippen LogP contribution in [0.4, 0.5) is 5.69 Å². The van der Waals surface area contributed by atoms with Gasteiger partial charge in [0, 0.05) is 29.6 Å². The van der Waals surface area contributed by atoms with Crippen molar-refractivity contribution in [1.82, 2.24) is 10.2 Å².